The van der Waals surface area contributed by atoms with Gasteiger partial charge in [0, 0.05) is 23.4 Å². The summed E-state index contributed by atoms with van der Waals surface area (Å²) in [5.41, 5.74) is 0.875. The third-order valence-corrected chi connectivity index (χ3v) is 9.06. The molecule has 2 bridgehead atoms. The Kier molecular flexibility index (Phi) is 9.37. The van der Waals surface area contributed by atoms with Gasteiger partial charge in [-0.2, -0.15) is 0 Å². The number of esters is 1. The van der Waals surface area contributed by atoms with Gasteiger partial charge in [0.25, 0.3) is 0 Å². The first kappa shape index (κ1) is 31.6. The third-order valence-electron chi connectivity index (χ3n) is 9.06. The van der Waals surface area contributed by atoms with E-state index in [2.05, 4.69) is 18.3 Å². The molecule has 10 heteroatoms. The summed E-state index contributed by atoms with van der Waals surface area (Å²) in [6.45, 7) is 7.96. The maximum atomic E-state index is 14.1. The number of nitrogens with zero attached hydrogens (tertiary/aromatic N) is 2. The lowest BCUT2D eigenvalue weighted by Gasteiger charge is -2.35. The molecular formula is C34H45N3O7. The van der Waals surface area contributed by atoms with Crippen molar-refractivity contribution in [1.29, 1.82) is 0 Å². The van der Waals surface area contributed by atoms with Crippen LogP contribution in [0.2, 0.25) is 0 Å². The number of benzene rings is 1. The van der Waals surface area contributed by atoms with Crippen LogP contribution in [-0.4, -0.2) is 72.9 Å². The molecule has 2 aliphatic heterocycles. The first-order valence-corrected chi connectivity index (χ1v) is 15.6. The molecule has 3 heterocycles. The lowest BCUT2D eigenvalue weighted by atomic mass is 9.85. The predicted octanol–water partition coefficient (Wildman–Crippen LogP) is 5.52. The number of aromatic nitrogens is 1. The highest BCUT2D eigenvalue weighted by Crippen LogP contribution is 2.37. The summed E-state index contributed by atoms with van der Waals surface area (Å²) >= 11 is 0. The zero-order valence-electron chi connectivity index (χ0n) is 26.6. The Morgan fingerprint density at radius 2 is 1.89 bits per heavy atom. The number of allylic oxidation sites excluding steroid dienone is 1. The van der Waals surface area contributed by atoms with E-state index >= 15 is 0 Å². The molecule has 2 aromatic rings. The van der Waals surface area contributed by atoms with E-state index in [0.29, 0.717) is 23.1 Å². The minimum atomic E-state index is -0.929. The summed E-state index contributed by atoms with van der Waals surface area (Å²) in [4.78, 5) is 46.7. The van der Waals surface area contributed by atoms with Crippen molar-refractivity contribution in [2.75, 3.05) is 20.8 Å². The minimum absolute atomic E-state index is 0.130. The van der Waals surface area contributed by atoms with E-state index in [1.54, 1.807) is 7.11 Å². The molecule has 238 valence electrons. The van der Waals surface area contributed by atoms with Crippen LogP contribution < -0.4 is 14.8 Å². The van der Waals surface area contributed by atoms with Crippen LogP contribution in [0.3, 0.4) is 0 Å². The van der Waals surface area contributed by atoms with Crippen LogP contribution in [0.15, 0.2) is 30.3 Å². The molecular weight excluding hydrogens is 562 g/mol. The molecule has 1 saturated carbocycles. The molecule has 6 atom stereocenters. The lowest BCUT2D eigenvalue weighted by molar-refractivity contribution is -0.152. The van der Waals surface area contributed by atoms with Crippen molar-refractivity contribution in [2.45, 2.75) is 90.5 Å². The van der Waals surface area contributed by atoms with E-state index in [0.717, 1.165) is 43.1 Å². The molecule has 44 heavy (non-hydrogen) atoms. The highest BCUT2D eigenvalue weighted by molar-refractivity contribution is 5.91. The average molecular weight is 608 g/mol. The van der Waals surface area contributed by atoms with Crippen LogP contribution in [0, 0.1) is 17.3 Å². The van der Waals surface area contributed by atoms with Crippen LogP contribution in [0.1, 0.15) is 71.8 Å². The number of alkyl carbamates (subject to hydrolysis) is 1. The molecule has 10 nitrogen and oxygen atoms in total. The Morgan fingerprint density at radius 3 is 2.61 bits per heavy atom. The standard InChI is InChI=1S/C34H45N3O7/c1-20-14-22-10-8-7-9-11-23-16-21-12-13-24(41-5)17-26(21)35-30(23)43-25-18-27(32(39)42-6)37(19-25)31(38)29(34(2,3)4)36-33(40)44-28(22)15-20/h9,11-13,16-17,20,22,25,27-29H,7-8,10,14-15,18-19H2,1-6H3,(H,36,40)/b11-9+/t20-,22-,25-,27+,28-,29-/m1/s1. The fourth-order valence-corrected chi connectivity index (χ4v) is 6.74. The van der Waals surface area contributed by atoms with Crippen LogP contribution in [-0.2, 0) is 19.1 Å². The van der Waals surface area contributed by atoms with Gasteiger partial charge in [-0.3, -0.25) is 4.79 Å². The zero-order valence-corrected chi connectivity index (χ0v) is 26.6. The molecule has 1 saturated heterocycles. The summed E-state index contributed by atoms with van der Waals surface area (Å²) in [5.74, 6) is 0.889. The lowest BCUT2D eigenvalue weighted by Crippen LogP contribution is -2.57. The van der Waals surface area contributed by atoms with E-state index in [-0.39, 0.29) is 30.9 Å². The number of ether oxygens (including phenoxy) is 4. The van der Waals surface area contributed by atoms with Crippen molar-refractivity contribution in [3.63, 3.8) is 0 Å². The van der Waals surface area contributed by atoms with Crippen molar-refractivity contribution in [3.8, 4) is 11.6 Å². The second kappa shape index (κ2) is 13.0. The predicted molar refractivity (Wildman–Crippen MR) is 166 cm³/mol. The van der Waals surface area contributed by atoms with Gasteiger partial charge in [-0.25, -0.2) is 14.6 Å². The van der Waals surface area contributed by atoms with Crippen molar-refractivity contribution < 1.29 is 33.3 Å². The van der Waals surface area contributed by atoms with Crippen molar-refractivity contribution in [3.05, 3.63) is 35.9 Å². The number of rotatable bonds is 2. The average Bonchev–Trinajstić information content (AvgIpc) is 3.56. The number of hydrogen-bond acceptors (Lipinski definition) is 8. The van der Waals surface area contributed by atoms with Gasteiger partial charge >= 0.3 is 12.1 Å². The van der Waals surface area contributed by atoms with Crippen molar-refractivity contribution in [1.82, 2.24) is 15.2 Å². The van der Waals surface area contributed by atoms with Crippen LogP contribution in [0.5, 0.6) is 11.6 Å². The maximum Gasteiger partial charge on any atom is 0.408 e. The largest absolute Gasteiger partial charge is 0.497 e. The van der Waals surface area contributed by atoms with Crippen molar-refractivity contribution in [2.24, 2.45) is 17.3 Å². The number of pyridine rings is 1. The summed E-state index contributed by atoms with van der Waals surface area (Å²) < 4.78 is 23.0. The molecule has 5 rings (SSSR count). The van der Waals surface area contributed by atoms with Gasteiger partial charge in [0.1, 0.15) is 30.0 Å². The SMILES string of the molecule is COC(=O)[C@@H]1C[C@@H]2CN1C(=O)[C@H](C(C)(C)C)NC(=O)O[C@@H]1C[C@H](C)C[C@H]1CCC/C=C/c1cc3ccc(OC)cc3nc1O2. The maximum absolute atomic E-state index is 14.1. The van der Waals surface area contributed by atoms with Crippen LogP contribution in [0.25, 0.3) is 17.0 Å². The monoisotopic (exact) mass is 607 g/mol. The van der Waals surface area contributed by atoms with Gasteiger partial charge in [-0.15, -0.1) is 0 Å². The zero-order chi connectivity index (χ0) is 31.6. The number of nitrogens with one attached hydrogen (secondary N) is 1. The first-order valence-electron chi connectivity index (χ1n) is 15.6. The number of amides is 2. The summed E-state index contributed by atoms with van der Waals surface area (Å²) in [6.07, 6.45) is 7.57. The number of hydrogen-bond donors (Lipinski definition) is 1. The fraction of sp³-hybridized carbons (Fsp3) is 0.588. The van der Waals surface area contributed by atoms with Crippen molar-refractivity contribution >= 4 is 34.9 Å². The normalized spacial score (nSPS) is 28.9. The smallest absolute Gasteiger partial charge is 0.408 e. The molecule has 2 fully saturated rings. The Morgan fingerprint density at radius 1 is 1.09 bits per heavy atom. The third kappa shape index (κ3) is 6.94. The van der Waals surface area contributed by atoms with Gasteiger partial charge in [-0.1, -0.05) is 39.8 Å². The Balaban J connectivity index is 1.53. The van der Waals surface area contributed by atoms with E-state index in [4.69, 9.17) is 23.9 Å². The topological polar surface area (TPSA) is 116 Å². The van der Waals surface area contributed by atoms with E-state index in [9.17, 15) is 14.4 Å². The van der Waals surface area contributed by atoms with E-state index in [1.807, 2.05) is 51.1 Å². The number of fused-ring (bicyclic) bond motifs is 5. The van der Waals surface area contributed by atoms with Gasteiger partial charge in [0.2, 0.25) is 11.8 Å². The highest BCUT2D eigenvalue weighted by Gasteiger charge is 2.47. The summed E-state index contributed by atoms with van der Waals surface area (Å²) in [5, 5.41) is 3.81. The quantitative estimate of drug-likeness (QED) is 0.444. The second-order valence-corrected chi connectivity index (χ2v) is 13.5. The van der Waals surface area contributed by atoms with Gasteiger partial charge in [-0.05, 0) is 67.6 Å². The molecule has 1 aromatic carbocycles. The van der Waals surface area contributed by atoms with Gasteiger partial charge in [0.15, 0.2) is 0 Å². The molecule has 0 unspecified atom stereocenters. The first-order chi connectivity index (χ1) is 21.0. The molecule has 0 spiro atoms. The van der Waals surface area contributed by atoms with E-state index < -0.39 is 35.7 Å². The molecule has 0 radical (unpaired) electrons. The fourth-order valence-electron chi connectivity index (χ4n) is 6.74. The van der Waals surface area contributed by atoms with Crippen LogP contribution in [0.4, 0.5) is 4.79 Å². The molecule has 1 aliphatic carbocycles. The number of methoxy groups -OCH3 is 2. The molecule has 3 aliphatic rings. The van der Waals surface area contributed by atoms with Gasteiger partial charge < -0.3 is 29.2 Å². The Hall–Kier alpha value is -3.82. The minimum Gasteiger partial charge on any atom is -0.497 e. The molecule has 1 aromatic heterocycles. The summed E-state index contributed by atoms with van der Waals surface area (Å²) in [7, 11) is 2.91. The number of carbonyl (C=O) groups is 3. The second-order valence-electron chi connectivity index (χ2n) is 13.5. The number of carbonyl (C=O) groups excluding carboxylic acids is 3. The van der Waals surface area contributed by atoms with Crippen LogP contribution >= 0.6 is 0 Å². The molecule has 1 N–H and O–H groups in total. The highest BCUT2D eigenvalue weighted by atomic mass is 16.6. The molecule has 2 amide bonds. The Labute approximate surface area is 259 Å². The Bertz CT molecular complexity index is 1420. The van der Waals surface area contributed by atoms with Gasteiger partial charge in [0.05, 0.1) is 26.3 Å². The summed E-state index contributed by atoms with van der Waals surface area (Å²) in [6, 6.07) is 5.95. The van der Waals surface area contributed by atoms with E-state index in [1.165, 1.54) is 12.0 Å².